The monoisotopic (exact) mass is 396 g/mol. The SMILES string of the molecule is NC(=O)c1ccccc1NC(=O)COC(=O)Cn1[nH]c(=O)c2ccccc2c1=O. The number of rotatable bonds is 6. The number of nitrogens with one attached hydrogen (secondary N) is 2. The summed E-state index contributed by atoms with van der Waals surface area (Å²) in [6.45, 7) is -1.23. The second-order valence-corrected chi connectivity index (χ2v) is 6.00. The second-order valence-electron chi connectivity index (χ2n) is 6.00. The van der Waals surface area contributed by atoms with Crippen molar-refractivity contribution in [3.05, 3.63) is 74.8 Å². The first-order valence-corrected chi connectivity index (χ1v) is 8.43. The molecule has 0 radical (unpaired) electrons. The first-order valence-electron chi connectivity index (χ1n) is 8.43. The van der Waals surface area contributed by atoms with Crippen LogP contribution in [0.4, 0.5) is 5.69 Å². The first-order chi connectivity index (χ1) is 13.9. The largest absolute Gasteiger partial charge is 0.454 e. The van der Waals surface area contributed by atoms with Gasteiger partial charge >= 0.3 is 5.97 Å². The van der Waals surface area contributed by atoms with Crippen molar-refractivity contribution in [2.45, 2.75) is 6.54 Å². The number of aromatic amines is 1. The number of anilines is 1. The summed E-state index contributed by atoms with van der Waals surface area (Å²) in [6, 6.07) is 12.3. The Morgan fingerprint density at radius 3 is 2.38 bits per heavy atom. The molecule has 0 saturated carbocycles. The summed E-state index contributed by atoms with van der Waals surface area (Å²) in [5.74, 6) is -2.33. The summed E-state index contributed by atoms with van der Waals surface area (Å²) in [5.41, 5.74) is 4.40. The molecule has 0 aliphatic carbocycles. The zero-order valence-corrected chi connectivity index (χ0v) is 15.0. The second kappa shape index (κ2) is 8.21. The van der Waals surface area contributed by atoms with E-state index in [2.05, 4.69) is 10.4 Å². The molecule has 10 heteroatoms. The molecule has 1 aromatic heterocycles. The van der Waals surface area contributed by atoms with Crippen LogP contribution < -0.4 is 22.2 Å². The summed E-state index contributed by atoms with van der Waals surface area (Å²) in [5, 5.41) is 5.07. The molecular weight excluding hydrogens is 380 g/mol. The number of benzene rings is 2. The van der Waals surface area contributed by atoms with Crippen LogP contribution in [0.25, 0.3) is 10.8 Å². The number of nitrogens with zero attached hydrogens (tertiary/aromatic N) is 1. The van der Waals surface area contributed by atoms with Gasteiger partial charge in [0.1, 0.15) is 6.54 Å². The fraction of sp³-hybridized carbons (Fsp3) is 0.105. The van der Waals surface area contributed by atoms with Gasteiger partial charge in [0.05, 0.1) is 22.0 Å². The van der Waals surface area contributed by atoms with Crippen LogP contribution in [0, 0.1) is 0 Å². The van der Waals surface area contributed by atoms with Gasteiger partial charge in [0.25, 0.3) is 22.9 Å². The van der Waals surface area contributed by atoms with Crippen LogP contribution in [0.15, 0.2) is 58.1 Å². The highest BCUT2D eigenvalue weighted by atomic mass is 16.5. The summed E-state index contributed by atoms with van der Waals surface area (Å²) in [4.78, 5) is 59.7. The quantitative estimate of drug-likeness (QED) is 0.497. The Kier molecular flexibility index (Phi) is 5.54. The lowest BCUT2D eigenvalue weighted by molar-refractivity contribution is -0.148. The number of carbonyl (C=O) groups is 3. The number of para-hydroxylation sites is 1. The molecule has 0 atom stereocenters. The van der Waals surface area contributed by atoms with Crippen molar-refractivity contribution in [3.8, 4) is 0 Å². The van der Waals surface area contributed by atoms with Crippen LogP contribution in [-0.4, -0.2) is 34.2 Å². The third-order valence-electron chi connectivity index (χ3n) is 4.00. The highest BCUT2D eigenvalue weighted by molar-refractivity contribution is 6.03. The summed E-state index contributed by atoms with van der Waals surface area (Å²) < 4.78 is 5.65. The third kappa shape index (κ3) is 4.38. The number of hydrogen-bond donors (Lipinski definition) is 3. The van der Waals surface area contributed by atoms with E-state index in [1.165, 1.54) is 24.3 Å². The average Bonchev–Trinajstić information content (AvgIpc) is 2.70. The third-order valence-corrected chi connectivity index (χ3v) is 4.00. The minimum atomic E-state index is -0.906. The van der Waals surface area contributed by atoms with Crippen LogP contribution in [0.5, 0.6) is 0 Å². The van der Waals surface area contributed by atoms with Crippen molar-refractivity contribution in [2.75, 3.05) is 11.9 Å². The van der Waals surface area contributed by atoms with E-state index in [4.69, 9.17) is 10.5 Å². The summed E-state index contributed by atoms with van der Waals surface area (Å²) >= 11 is 0. The van der Waals surface area contributed by atoms with E-state index >= 15 is 0 Å². The Hall–Kier alpha value is -4.21. The summed E-state index contributed by atoms with van der Waals surface area (Å²) in [6.07, 6.45) is 0. The van der Waals surface area contributed by atoms with E-state index in [9.17, 15) is 24.0 Å². The van der Waals surface area contributed by atoms with E-state index in [-0.39, 0.29) is 22.0 Å². The van der Waals surface area contributed by atoms with Gasteiger partial charge in [0.15, 0.2) is 6.61 Å². The molecule has 0 aliphatic heterocycles. The van der Waals surface area contributed by atoms with Gasteiger partial charge in [0, 0.05) is 0 Å². The highest BCUT2D eigenvalue weighted by Gasteiger charge is 2.14. The Bertz CT molecular complexity index is 1230. The number of amides is 2. The minimum absolute atomic E-state index is 0.104. The first kappa shape index (κ1) is 19.5. The average molecular weight is 396 g/mol. The molecule has 0 spiro atoms. The fourth-order valence-corrected chi connectivity index (χ4v) is 2.67. The Labute approximate surface area is 162 Å². The Balaban J connectivity index is 1.65. The van der Waals surface area contributed by atoms with E-state index in [1.54, 1.807) is 24.3 Å². The molecule has 148 valence electrons. The molecule has 3 rings (SSSR count). The Morgan fingerprint density at radius 2 is 1.66 bits per heavy atom. The zero-order valence-electron chi connectivity index (χ0n) is 15.0. The van der Waals surface area contributed by atoms with E-state index in [0.717, 1.165) is 4.68 Å². The lowest BCUT2D eigenvalue weighted by Crippen LogP contribution is -2.33. The van der Waals surface area contributed by atoms with Crippen LogP contribution >= 0.6 is 0 Å². The molecule has 2 amide bonds. The predicted octanol–water partition coefficient (Wildman–Crippen LogP) is -0.0294. The van der Waals surface area contributed by atoms with Crippen LogP contribution in [-0.2, 0) is 20.9 Å². The van der Waals surface area contributed by atoms with Gasteiger partial charge in [-0.25, -0.2) is 4.68 Å². The van der Waals surface area contributed by atoms with E-state index in [0.29, 0.717) is 0 Å². The molecule has 29 heavy (non-hydrogen) atoms. The maximum Gasteiger partial charge on any atom is 0.328 e. The predicted molar refractivity (Wildman–Crippen MR) is 103 cm³/mol. The molecule has 1 heterocycles. The molecule has 4 N–H and O–H groups in total. The van der Waals surface area contributed by atoms with Crippen molar-refractivity contribution in [1.82, 2.24) is 9.78 Å². The van der Waals surface area contributed by atoms with Gasteiger partial charge in [-0.2, -0.15) is 0 Å². The molecule has 0 unspecified atom stereocenters. The molecule has 2 aromatic carbocycles. The number of ether oxygens (including phenoxy) is 1. The van der Waals surface area contributed by atoms with Crippen molar-refractivity contribution in [2.24, 2.45) is 5.73 Å². The van der Waals surface area contributed by atoms with Crippen molar-refractivity contribution >= 4 is 34.2 Å². The van der Waals surface area contributed by atoms with Gasteiger partial charge in [0.2, 0.25) is 0 Å². The Morgan fingerprint density at radius 1 is 1.00 bits per heavy atom. The van der Waals surface area contributed by atoms with Crippen molar-refractivity contribution in [3.63, 3.8) is 0 Å². The van der Waals surface area contributed by atoms with Crippen molar-refractivity contribution < 1.29 is 19.1 Å². The van der Waals surface area contributed by atoms with Gasteiger partial charge < -0.3 is 15.8 Å². The minimum Gasteiger partial charge on any atom is -0.454 e. The lowest BCUT2D eigenvalue weighted by atomic mass is 10.1. The zero-order chi connectivity index (χ0) is 21.0. The number of fused-ring (bicyclic) bond motifs is 1. The van der Waals surface area contributed by atoms with Gasteiger partial charge in [-0.05, 0) is 24.3 Å². The van der Waals surface area contributed by atoms with E-state index in [1.807, 2.05) is 0 Å². The topological polar surface area (TPSA) is 153 Å². The number of aromatic nitrogens is 2. The van der Waals surface area contributed by atoms with E-state index < -0.39 is 42.1 Å². The number of nitrogens with two attached hydrogens (primary N) is 1. The van der Waals surface area contributed by atoms with Gasteiger partial charge in [-0.3, -0.25) is 29.1 Å². The van der Waals surface area contributed by atoms with Crippen LogP contribution in [0.2, 0.25) is 0 Å². The van der Waals surface area contributed by atoms with Crippen molar-refractivity contribution in [1.29, 1.82) is 0 Å². The standard InChI is InChI=1S/C19H16N4O6/c20-17(26)13-7-3-4-8-14(13)21-15(24)10-29-16(25)9-23-19(28)12-6-2-1-5-11(12)18(27)22-23/h1-8H,9-10H2,(H2,20,26)(H,21,24)(H,22,27). The molecule has 0 aliphatic rings. The van der Waals surface area contributed by atoms with Gasteiger partial charge in [-0.15, -0.1) is 0 Å². The number of esters is 1. The molecule has 10 nitrogen and oxygen atoms in total. The molecule has 0 bridgehead atoms. The lowest BCUT2D eigenvalue weighted by Gasteiger charge is -2.10. The number of H-pyrrole nitrogens is 1. The normalized spacial score (nSPS) is 10.5. The number of carbonyl (C=O) groups excluding carboxylic acids is 3. The fourth-order valence-electron chi connectivity index (χ4n) is 2.67. The van der Waals surface area contributed by atoms with Gasteiger partial charge in [-0.1, -0.05) is 24.3 Å². The molecule has 3 aromatic rings. The molecule has 0 saturated heterocycles. The van der Waals surface area contributed by atoms with Crippen LogP contribution in [0.1, 0.15) is 10.4 Å². The molecular formula is C19H16N4O6. The summed E-state index contributed by atoms with van der Waals surface area (Å²) in [7, 11) is 0. The number of primary amides is 1. The maximum absolute atomic E-state index is 12.4. The maximum atomic E-state index is 12.4. The smallest absolute Gasteiger partial charge is 0.328 e. The van der Waals surface area contributed by atoms with Crippen LogP contribution in [0.3, 0.4) is 0 Å². The highest BCUT2D eigenvalue weighted by Crippen LogP contribution is 2.13. The molecule has 0 fully saturated rings. The number of hydrogen-bond acceptors (Lipinski definition) is 6.